The summed E-state index contributed by atoms with van der Waals surface area (Å²) >= 11 is 2.74. The summed E-state index contributed by atoms with van der Waals surface area (Å²) in [6, 6.07) is 3.52. The number of aromatic amines is 1. The maximum Gasteiger partial charge on any atom is 0.267 e. The second-order valence-electron chi connectivity index (χ2n) is 4.57. The number of amides is 1. The maximum absolute atomic E-state index is 12.2. The molecule has 3 aromatic rings. The zero-order chi connectivity index (χ0) is 14.2. The van der Waals surface area contributed by atoms with Gasteiger partial charge in [-0.3, -0.25) is 10.1 Å². The third kappa shape index (κ3) is 2.54. The second-order valence-corrected chi connectivity index (χ2v) is 6.67. The number of tetrazole rings is 1. The molecular formula is C11H9N7OS2. The average Bonchev–Trinajstić information content (AvgIpc) is 2.94. The third-order valence-corrected chi connectivity index (χ3v) is 5.06. The number of hydrogen-bond acceptors (Lipinski definition) is 8. The molecule has 0 saturated heterocycles. The molecule has 0 bridgehead atoms. The standard InChI is InChI=1S/C11H9N7OS2/c19-9(12-11-16-15-10(21-11)5-1-2-5)7-4-3-6(20-7)8-13-17-18-14-8/h3-5H,1-2H2,(H,12,16,19)(H,13,14,17,18). The fraction of sp³-hybridized carbons (Fsp3) is 0.273. The Balaban J connectivity index is 1.49. The van der Waals surface area contributed by atoms with Gasteiger partial charge in [-0.05, 0) is 30.2 Å². The van der Waals surface area contributed by atoms with Crippen LogP contribution in [0.1, 0.15) is 33.4 Å². The molecule has 8 nitrogen and oxygen atoms in total. The van der Waals surface area contributed by atoms with Crippen molar-refractivity contribution < 1.29 is 4.79 Å². The first-order valence-corrected chi connectivity index (χ1v) is 7.91. The number of hydrogen-bond donors (Lipinski definition) is 2. The molecule has 0 aliphatic heterocycles. The summed E-state index contributed by atoms with van der Waals surface area (Å²) in [6.07, 6.45) is 2.34. The number of thiophene rings is 1. The van der Waals surface area contributed by atoms with Crippen molar-refractivity contribution in [1.29, 1.82) is 0 Å². The largest absolute Gasteiger partial charge is 0.296 e. The Morgan fingerprint density at radius 3 is 2.90 bits per heavy atom. The molecule has 1 aliphatic rings. The third-order valence-electron chi connectivity index (χ3n) is 2.98. The monoisotopic (exact) mass is 319 g/mol. The van der Waals surface area contributed by atoms with Crippen LogP contribution in [0.15, 0.2) is 12.1 Å². The van der Waals surface area contributed by atoms with E-state index < -0.39 is 0 Å². The first kappa shape index (κ1) is 12.5. The van der Waals surface area contributed by atoms with E-state index in [1.54, 1.807) is 12.1 Å². The Morgan fingerprint density at radius 2 is 2.14 bits per heavy atom. The lowest BCUT2D eigenvalue weighted by Crippen LogP contribution is -2.09. The van der Waals surface area contributed by atoms with E-state index in [2.05, 4.69) is 36.1 Å². The van der Waals surface area contributed by atoms with Crippen LogP contribution in [0.3, 0.4) is 0 Å². The molecule has 3 aromatic heterocycles. The summed E-state index contributed by atoms with van der Waals surface area (Å²) in [5.74, 6) is 0.818. The molecule has 2 N–H and O–H groups in total. The number of carbonyl (C=O) groups is 1. The Labute approximate surface area is 126 Å². The summed E-state index contributed by atoms with van der Waals surface area (Å²) in [5, 5.41) is 26.1. The minimum absolute atomic E-state index is 0.201. The second kappa shape index (κ2) is 4.97. The van der Waals surface area contributed by atoms with Gasteiger partial charge in [-0.25, -0.2) is 0 Å². The normalized spacial score (nSPS) is 14.3. The predicted octanol–water partition coefficient (Wildman–Crippen LogP) is 1.91. The minimum atomic E-state index is -0.201. The average molecular weight is 319 g/mol. The van der Waals surface area contributed by atoms with Crippen LogP contribution < -0.4 is 5.32 Å². The van der Waals surface area contributed by atoms with Crippen LogP contribution in [0.2, 0.25) is 0 Å². The van der Waals surface area contributed by atoms with Gasteiger partial charge in [0.25, 0.3) is 5.91 Å². The van der Waals surface area contributed by atoms with Gasteiger partial charge >= 0.3 is 0 Å². The summed E-state index contributed by atoms with van der Waals surface area (Å²) in [6.45, 7) is 0. The first-order chi connectivity index (χ1) is 10.3. The van der Waals surface area contributed by atoms with E-state index in [0.717, 1.165) is 9.88 Å². The summed E-state index contributed by atoms with van der Waals surface area (Å²) < 4.78 is 0. The minimum Gasteiger partial charge on any atom is -0.296 e. The van der Waals surface area contributed by atoms with E-state index in [-0.39, 0.29) is 5.91 Å². The zero-order valence-corrected chi connectivity index (χ0v) is 12.2. The highest BCUT2D eigenvalue weighted by atomic mass is 32.1. The van der Waals surface area contributed by atoms with Crippen molar-refractivity contribution in [2.75, 3.05) is 5.32 Å². The molecule has 1 amide bonds. The van der Waals surface area contributed by atoms with Crippen molar-refractivity contribution in [3.63, 3.8) is 0 Å². The SMILES string of the molecule is O=C(Nc1nnc(C2CC2)s1)c1ccc(-c2nn[nH]n2)s1. The van der Waals surface area contributed by atoms with Crippen molar-refractivity contribution in [3.8, 4) is 10.7 Å². The molecule has 106 valence electrons. The predicted molar refractivity (Wildman–Crippen MR) is 77.3 cm³/mol. The van der Waals surface area contributed by atoms with E-state index >= 15 is 0 Å². The van der Waals surface area contributed by atoms with Crippen LogP contribution in [0, 0.1) is 0 Å². The molecule has 0 radical (unpaired) electrons. The van der Waals surface area contributed by atoms with Crippen molar-refractivity contribution in [2.45, 2.75) is 18.8 Å². The molecule has 3 heterocycles. The van der Waals surface area contributed by atoms with Crippen LogP contribution in [-0.2, 0) is 0 Å². The van der Waals surface area contributed by atoms with Crippen LogP contribution in [0.5, 0.6) is 0 Å². The van der Waals surface area contributed by atoms with Gasteiger partial charge in [0.1, 0.15) is 5.01 Å². The van der Waals surface area contributed by atoms with E-state index in [1.807, 2.05) is 0 Å². The van der Waals surface area contributed by atoms with Gasteiger partial charge in [0.2, 0.25) is 11.0 Å². The van der Waals surface area contributed by atoms with Crippen molar-refractivity contribution in [2.24, 2.45) is 0 Å². The highest BCUT2D eigenvalue weighted by Gasteiger charge is 2.27. The number of nitrogens with zero attached hydrogens (tertiary/aromatic N) is 5. The van der Waals surface area contributed by atoms with Gasteiger partial charge < -0.3 is 0 Å². The molecule has 0 aromatic carbocycles. The van der Waals surface area contributed by atoms with Crippen LogP contribution >= 0.6 is 22.7 Å². The lowest BCUT2D eigenvalue weighted by Gasteiger charge is -1.96. The first-order valence-electron chi connectivity index (χ1n) is 6.28. The molecule has 0 spiro atoms. The molecule has 0 unspecified atom stereocenters. The van der Waals surface area contributed by atoms with Crippen molar-refractivity contribution in [1.82, 2.24) is 30.8 Å². The Hall–Kier alpha value is -2.20. The van der Waals surface area contributed by atoms with Gasteiger partial charge in [0.05, 0.1) is 9.75 Å². The van der Waals surface area contributed by atoms with E-state index in [0.29, 0.717) is 21.8 Å². The molecule has 0 atom stereocenters. The molecular weight excluding hydrogens is 310 g/mol. The fourth-order valence-corrected chi connectivity index (χ4v) is 3.52. The molecule has 1 fully saturated rings. The number of aromatic nitrogens is 6. The van der Waals surface area contributed by atoms with Gasteiger partial charge in [-0.2, -0.15) is 5.21 Å². The topological polar surface area (TPSA) is 109 Å². The number of rotatable bonds is 4. The molecule has 21 heavy (non-hydrogen) atoms. The molecule has 10 heteroatoms. The Morgan fingerprint density at radius 1 is 1.24 bits per heavy atom. The molecule has 1 aliphatic carbocycles. The maximum atomic E-state index is 12.2. The lowest BCUT2D eigenvalue weighted by molar-refractivity contribution is 0.103. The highest BCUT2D eigenvalue weighted by molar-refractivity contribution is 7.18. The van der Waals surface area contributed by atoms with E-state index in [9.17, 15) is 4.79 Å². The van der Waals surface area contributed by atoms with Crippen LogP contribution in [0.4, 0.5) is 5.13 Å². The van der Waals surface area contributed by atoms with Crippen LogP contribution in [-0.4, -0.2) is 36.7 Å². The van der Waals surface area contributed by atoms with Gasteiger partial charge in [0.15, 0.2) is 0 Å². The highest BCUT2D eigenvalue weighted by Crippen LogP contribution is 2.42. The summed E-state index contributed by atoms with van der Waals surface area (Å²) in [4.78, 5) is 13.5. The smallest absolute Gasteiger partial charge is 0.267 e. The Bertz CT molecular complexity index is 774. The number of carbonyl (C=O) groups excluding carboxylic acids is 1. The zero-order valence-electron chi connectivity index (χ0n) is 10.6. The van der Waals surface area contributed by atoms with E-state index in [1.165, 1.54) is 35.5 Å². The van der Waals surface area contributed by atoms with Crippen LogP contribution in [0.25, 0.3) is 10.7 Å². The quantitative estimate of drug-likeness (QED) is 0.760. The number of anilines is 1. The fourth-order valence-electron chi connectivity index (χ4n) is 1.79. The Kier molecular flexibility index (Phi) is 2.97. The van der Waals surface area contributed by atoms with E-state index in [4.69, 9.17) is 0 Å². The summed E-state index contributed by atoms with van der Waals surface area (Å²) in [7, 11) is 0. The lowest BCUT2D eigenvalue weighted by atomic mass is 10.4. The van der Waals surface area contributed by atoms with Gasteiger partial charge in [0, 0.05) is 5.92 Å². The van der Waals surface area contributed by atoms with Crippen molar-refractivity contribution in [3.05, 3.63) is 22.0 Å². The number of nitrogens with one attached hydrogen (secondary N) is 2. The van der Waals surface area contributed by atoms with Crippen molar-refractivity contribution >= 4 is 33.7 Å². The number of H-pyrrole nitrogens is 1. The molecule has 4 rings (SSSR count). The summed E-state index contributed by atoms with van der Waals surface area (Å²) in [5.41, 5.74) is 0. The molecule has 1 saturated carbocycles. The van der Waals surface area contributed by atoms with Gasteiger partial charge in [-0.1, -0.05) is 11.3 Å². The van der Waals surface area contributed by atoms with Gasteiger partial charge in [-0.15, -0.1) is 31.7 Å².